The molecule has 0 unspecified atom stereocenters. The van der Waals surface area contributed by atoms with Crippen LogP contribution < -0.4 is 4.74 Å². The van der Waals surface area contributed by atoms with E-state index in [2.05, 4.69) is 32.0 Å². The van der Waals surface area contributed by atoms with Crippen molar-refractivity contribution in [2.75, 3.05) is 7.11 Å². The van der Waals surface area contributed by atoms with Crippen LogP contribution >= 0.6 is 0 Å². The van der Waals surface area contributed by atoms with Crippen LogP contribution in [0.3, 0.4) is 0 Å². The van der Waals surface area contributed by atoms with Crippen molar-refractivity contribution in [1.82, 2.24) is 0 Å². The molecule has 0 radical (unpaired) electrons. The molecule has 0 heterocycles. The van der Waals surface area contributed by atoms with Crippen LogP contribution in [0, 0.1) is 6.92 Å². The fourth-order valence-corrected chi connectivity index (χ4v) is 1.08. The summed E-state index contributed by atoms with van der Waals surface area (Å²) in [7, 11) is 1.71. The Morgan fingerprint density at radius 1 is 1.23 bits per heavy atom. The number of methoxy groups -OCH3 is 1. The van der Waals surface area contributed by atoms with E-state index in [0.29, 0.717) is 0 Å². The van der Waals surface area contributed by atoms with Crippen LogP contribution in [0.15, 0.2) is 18.2 Å². The average Bonchev–Trinajstić information content (AvgIpc) is 2.22. The second-order valence-corrected chi connectivity index (χ2v) is 2.66. The van der Waals surface area contributed by atoms with Gasteiger partial charge in [0.15, 0.2) is 0 Å². The number of aryl methyl sites for hydroxylation is 2. The molecule has 0 bridgehead atoms. The van der Waals surface area contributed by atoms with Crippen molar-refractivity contribution >= 4 is 0 Å². The molecule has 0 aromatic heterocycles. The van der Waals surface area contributed by atoms with Crippen molar-refractivity contribution in [2.24, 2.45) is 0 Å². The summed E-state index contributed by atoms with van der Waals surface area (Å²) in [6, 6.07) is 6.32. The van der Waals surface area contributed by atoms with Gasteiger partial charge in [-0.25, -0.2) is 0 Å². The van der Waals surface area contributed by atoms with E-state index >= 15 is 0 Å². The van der Waals surface area contributed by atoms with E-state index in [1.807, 2.05) is 13.8 Å². The van der Waals surface area contributed by atoms with Crippen molar-refractivity contribution in [2.45, 2.75) is 34.1 Å². The summed E-state index contributed by atoms with van der Waals surface area (Å²) in [5, 5.41) is 0. The molecule has 0 spiro atoms. The minimum atomic E-state index is 0.990. The van der Waals surface area contributed by atoms with E-state index in [-0.39, 0.29) is 0 Å². The van der Waals surface area contributed by atoms with Gasteiger partial charge in [0.2, 0.25) is 0 Å². The van der Waals surface area contributed by atoms with E-state index in [1.54, 1.807) is 7.11 Å². The van der Waals surface area contributed by atoms with Crippen molar-refractivity contribution in [3.63, 3.8) is 0 Å². The normalized spacial score (nSPS) is 8.69. The fraction of sp³-hybridized carbons (Fsp3) is 0.500. The van der Waals surface area contributed by atoms with Gasteiger partial charge in [0.05, 0.1) is 7.11 Å². The molecule has 74 valence electrons. The lowest BCUT2D eigenvalue weighted by Gasteiger charge is -2.05. The molecular weight excluding hydrogens is 160 g/mol. The summed E-state index contributed by atoms with van der Waals surface area (Å²) in [6.45, 7) is 8.20. The number of ether oxygens (including phenoxy) is 1. The van der Waals surface area contributed by atoms with Gasteiger partial charge in [-0.05, 0) is 30.5 Å². The van der Waals surface area contributed by atoms with Crippen LogP contribution in [-0.2, 0) is 6.42 Å². The van der Waals surface area contributed by atoms with Crippen LogP contribution in [0.25, 0.3) is 0 Å². The van der Waals surface area contributed by atoms with Gasteiger partial charge in [-0.2, -0.15) is 0 Å². The maximum Gasteiger partial charge on any atom is 0.122 e. The highest BCUT2D eigenvalue weighted by Gasteiger charge is 1.97. The summed E-state index contributed by atoms with van der Waals surface area (Å²) in [5.41, 5.74) is 2.53. The molecule has 0 saturated carbocycles. The van der Waals surface area contributed by atoms with Crippen LogP contribution in [-0.4, -0.2) is 7.11 Å². The predicted molar refractivity (Wildman–Crippen MR) is 58.5 cm³/mol. The first-order chi connectivity index (χ1) is 6.27. The zero-order valence-electron chi connectivity index (χ0n) is 9.35. The molecule has 0 fully saturated rings. The lowest BCUT2D eigenvalue weighted by molar-refractivity contribution is 0.411. The topological polar surface area (TPSA) is 9.23 Å². The SMILES string of the molecule is CC.CCc1ccc(C)c(OC)c1. The molecule has 13 heavy (non-hydrogen) atoms. The lowest BCUT2D eigenvalue weighted by Crippen LogP contribution is -1.88. The van der Waals surface area contributed by atoms with Crippen LogP contribution in [0.5, 0.6) is 5.75 Å². The molecule has 1 heteroatoms. The Hall–Kier alpha value is -0.980. The highest BCUT2D eigenvalue weighted by atomic mass is 16.5. The van der Waals surface area contributed by atoms with E-state index in [9.17, 15) is 0 Å². The molecule has 1 aromatic carbocycles. The Bertz CT molecular complexity index is 241. The Labute approximate surface area is 81.7 Å². The Morgan fingerprint density at radius 3 is 2.31 bits per heavy atom. The third-order valence-corrected chi connectivity index (χ3v) is 1.88. The minimum absolute atomic E-state index is 0.990. The van der Waals surface area contributed by atoms with Crippen LogP contribution in [0.4, 0.5) is 0 Å². The zero-order valence-corrected chi connectivity index (χ0v) is 9.35. The largest absolute Gasteiger partial charge is 0.496 e. The fourth-order valence-electron chi connectivity index (χ4n) is 1.08. The van der Waals surface area contributed by atoms with E-state index < -0.39 is 0 Å². The van der Waals surface area contributed by atoms with E-state index in [0.717, 1.165) is 12.2 Å². The molecule has 0 atom stereocenters. The summed E-state index contributed by atoms with van der Waals surface area (Å²) < 4.78 is 5.19. The van der Waals surface area contributed by atoms with Gasteiger partial charge in [0, 0.05) is 0 Å². The average molecular weight is 180 g/mol. The lowest BCUT2D eigenvalue weighted by atomic mass is 10.1. The third kappa shape index (κ3) is 3.49. The monoisotopic (exact) mass is 180 g/mol. The molecule has 0 saturated heterocycles. The molecule has 0 N–H and O–H groups in total. The van der Waals surface area contributed by atoms with Gasteiger partial charge in [-0.3, -0.25) is 0 Å². The maximum atomic E-state index is 5.19. The number of rotatable bonds is 2. The Balaban J connectivity index is 0.000000671. The second kappa shape index (κ2) is 6.53. The van der Waals surface area contributed by atoms with Crippen molar-refractivity contribution in [3.05, 3.63) is 29.3 Å². The van der Waals surface area contributed by atoms with Crippen LogP contribution in [0.2, 0.25) is 0 Å². The highest BCUT2D eigenvalue weighted by molar-refractivity contribution is 5.36. The molecular formula is C12H20O. The van der Waals surface area contributed by atoms with Gasteiger partial charge in [0.1, 0.15) is 5.75 Å². The number of hydrogen-bond acceptors (Lipinski definition) is 1. The Morgan fingerprint density at radius 2 is 1.85 bits per heavy atom. The summed E-state index contributed by atoms with van der Waals surface area (Å²) in [6.07, 6.45) is 1.07. The smallest absolute Gasteiger partial charge is 0.122 e. The standard InChI is InChI=1S/C10H14O.C2H6/c1-4-9-6-5-8(2)10(7-9)11-3;1-2/h5-7H,4H2,1-3H3;1-2H3. The van der Waals surface area contributed by atoms with Gasteiger partial charge in [-0.15, -0.1) is 0 Å². The number of benzene rings is 1. The molecule has 0 aliphatic carbocycles. The van der Waals surface area contributed by atoms with Gasteiger partial charge in [-0.1, -0.05) is 32.9 Å². The first-order valence-corrected chi connectivity index (χ1v) is 4.91. The first kappa shape index (κ1) is 12.0. The maximum absolute atomic E-state index is 5.19. The Kier molecular flexibility index (Phi) is 6.03. The van der Waals surface area contributed by atoms with Gasteiger partial charge in [0.25, 0.3) is 0 Å². The van der Waals surface area contributed by atoms with Crippen LogP contribution in [0.1, 0.15) is 31.9 Å². The molecule has 0 aliphatic heterocycles. The molecule has 0 aliphatic rings. The highest BCUT2D eigenvalue weighted by Crippen LogP contribution is 2.18. The summed E-state index contributed by atoms with van der Waals surface area (Å²) >= 11 is 0. The van der Waals surface area contributed by atoms with Gasteiger partial charge < -0.3 is 4.74 Å². The minimum Gasteiger partial charge on any atom is -0.496 e. The van der Waals surface area contributed by atoms with Crippen molar-refractivity contribution < 1.29 is 4.74 Å². The summed E-state index contributed by atoms with van der Waals surface area (Å²) in [5.74, 6) is 0.990. The zero-order chi connectivity index (χ0) is 10.3. The summed E-state index contributed by atoms with van der Waals surface area (Å²) in [4.78, 5) is 0. The number of hydrogen-bond donors (Lipinski definition) is 0. The second-order valence-electron chi connectivity index (χ2n) is 2.66. The first-order valence-electron chi connectivity index (χ1n) is 4.91. The molecule has 1 aromatic rings. The quantitative estimate of drug-likeness (QED) is 0.675. The molecule has 1 rings (SSSR count). The van der Waals surface area contributed by atoms with Gasteiger partial charge >= 0.3 is 0 Å². The molecule has 0 amide bonds. The molecule has 1 nitrogen and oxygen atoms in total. The van der Waals surface area contributed by atoms with E-state index in [1.165, 1.54) is 11.1 Å². The van der Waals surface area contributed by atoms with Crippen molar-refractivity contribution in [3.8, 4) is 5.75 Å². The van der Waals surface area contributed by atoms with E-state index in [4.69, 9.17) is 4.74 Å². The third-order valence-electron chi connectivity index (χ3n) is 1.88. The van der Waals surface area contributed by atoms with Crippen molar-refractivity contribution in [1.29, 1.82) is 0 Å². The predicted octanol–water partition coefficient (Wildman–Crippen LogP) is 3.59.